The van der Waals surface area contributed by atoms with Crippen LogP contribution >= 0.6 is 0 Å². The van der Waals surface area contributed by atoms with E-state index in [4.69, 9.17) is 0 Å². The van der Waals surface area contributed by atoms with Crippen LogP contribution in [0.3, 0.4) is 0 Å². The van der Waals surface area contributed by atoms with Crippen molar-refractivity contribution in [1.29, 1.82) is 0 Å². The highest BCUT2D eigenvalue weighted by Crippen LogP contribution is 2.42. The van der Waals surface area contributed by atoms with Crippen LogP contribution in [0, 0.1) is 26.1 Å². The first-order valence-electron chi connectivity index (χ1n) is 9.98. The van der Waals surface area contributed by atoms with Gasteiger partial charge in [-0.05, 0) is 48.8 Å². The second-order valence-corrected chi connectivity index (χ2v) is 7.81. The Balaban J connectivity index is 1.86. The quantitative estimate of drug-likeness (QED) is 0.386. The molecule has 3 unspecified atom stereocenters. The molecule has 2 aromatic rings. The number of non-ortho nitro benzene ring substituents is 2. The Morgan fingerprint density at radius 3 is 2.38 bits per heavy atom. The predicted molar refractivity (Wildman–Crippen MR) is 116 cm³/mol. The minimum absolute atomic E-state index is 0.0275. The molecule has 1 saturated heterocycles. The first-order valence-corrected chi connectivity index (χ1v) is 9.98. The van der Waals surface area contributed by atoms with E-state index in [-0.39, 0.29) is 34.9 Å². The molecule has 2 aromatic carbocycles. The van der Waals surface area contributed by atoms with Crippen LogP contribution in [0.2, 0.25) is 0 Å². The third-order valence-corrected chi connectivity index (χ3v) is 5.89. The first kappa shape index (κ1) is 21.1. The number of hydrogen-bond acceptors (Lipinski definition) is 7. The van der Waals surface area contributed by atoms with Crippen LogP contribution in [0.1, 0.15) is 24.5 Å². The van der Waals surface area contributed by atoms with Crippen molar-refractivity contribution in [1.82, 2.24) is 4.90 Å². The Morgan fingerprint density at radius 1 is 1.06 bits per heavy atom. The van der Waals surface area contributed by atoms with E-state index in [1.807, 2.05) is 4.90 Å². The molecule has 0 N–H and O–H groups in total. The van der Waals surface area contributed by atoms with E-state index in [1.54, 1.807) is 36.4 Å². The molecule has 3 atom stereocenters. The molecule has 0 aliphatic carbocycles. The second-order valence-electron chi connectivity index (χ2n) is 7.81. The van der Waals surface area contributed by atoms with Gasteiger partial charge in [-0.15, -0.1) is 0 Å². The van der Waals surface area contributed by atoms with Gasteiger partial charge >= 0.3 is 0 Å². The number of rotatable bonds is 6. The van der Waals surface area contributed by atoms with Crippen LogP contribution in [-0.2, 0) is 9.59 Å². The number of nitro groups is 2. The summed E-state index contributed by atoms with van der Waals surface area (Å²) in [5, 5.41) is 22.3. The average molecular weight is 433 g/mol. The number of nitro benzene ring substituents is 2. The molecule has 2 aliphatic heterocycles. The lowest BCUT2D eigenvalue weighted by molar-refractivity contribution is -0.385. The zero-order chi connectivity index (χ0) is 23.0. The van der Waals surface area contributed by atoms with Crippen molar-refractivity contribution in [3.8, 4) is 0 Å². The predicted octanol–water partition coefficient (Wildman–Crippen LogP) is 3.79. The smallest absolute Gasteiger partial charge is 0.270 e. The van der Waals surface area contributed by atoms with Crippen LogP contribution in [0.5, 0.6) is 0 Å². The summed E-state index contributed by atoms with van der Waals surface area (Å²) in [6.45, 7) is 1.50. The minimum Gasteiger partial charge on any atom is -0.353 e. The van der Waals surface area contributed by atoms with Crippen molar-refractivity contribution in [3.05, 3.63) is 92.0 Å². The number of carbonyl (C=O) groups excluding carboxylic acids is 2. The number of Topliss-reactive ketones (excluding diaryl/α,β-unsaturated/α-hetero) is 1. The van der Waals surface area contributed by atoms with Crippen molar-refractivity contribution in [2.75, 3.05) is 0 Å². The molecule has 0 radical (unpaired) electrons. The van der Waals surface area contributed by atoms with Crippen molar-refractivity contribution in [2.45, 2.75) is 25.4 Å². The van der Waals surface area contributed by atoms with Gasteiger partial charge in [0, 0.05) is 35.9 Å². The molecule has 0 spiro atoms. The maximum atomic E-state index is 12.7. The molecule has 0 aromatic heterocycles. The molecular formula is C23H19N3O6. The van der Waals surface area contributed by atoms with E-state index in [1.165, 1.54) is 37.3 Å². The van der Waals surface area contributed by atoms with Crippen LogP contribution in [0.4, 0.5) is 11.4 Å². The van der Waals surface area contributed by atoms with Crippen LogP contribution in [0.25, 0.3) is 11.8 Å². The van der Waals surface area contributed by atoms with Crippen LogP contribution in [-0.4, -0.2) is 38.4 Å². The Morgan fingerprint density at radius 2 is 1.75 bits per heavy atom. The maximum Gasteiger partial charge on any atom is 0.270 e. The molecule has 1 fully saturated rings. The fourth-order valence-corrected chi connectivity index (χ4v) is 4.36. The molecule has 2 heterocycles. The summed E-state index contributed by atoms with van der Waals surface area (Å²) in [6, 6.07) is 11.0. The number of fused-ring (bicyclic) bond motifs is 2. The topological polar surface area (TPSA) is 124 Å². The standard InChI is InChI=1S/C23H19N3O6/c1-14(27)19-13-22-23(28)10-9-20(19)24(22)21(16-5-7-17(8-6-16)25(29)30)12-15-3-2-4-18(11-15)26(31)32/h2-12,19-20,22H,13H2,1H3. The van der Waals surface area contributed by atoms with E-state index in [2.05, 4.69) is 0 Å². The molecule has 0 saturated carbocycles. The highest BCUT2D eigenvalue weighted by Gasteiger charge is 2.47. The van der Waals surface area contributed by atoms with Gasteiger partial charge in [-0.3, -0.25) is 29.8 Å². The molecule has 4 rings (SSSR count). The van der Waals surface area contributed by atoms with E-state index in [0.717, 1.165) is 0 Å². The zero-order valence-electron chi connectivity index (χ0n) is 17.1. The van der Waals surface area contributed by atoms with Crippen molar-refractivity contribution < 1.29 is 19.4 Å². The normalized spacial score (nSPS) is 22.2. The van der Waals surface area contributed by atoms with E-state index < -0.39 is 15.9 Å². The third kappa shape index (κ3) is 3.80. The first-order chi connectivity index (χ1) is 15.3. The SMILES string of the molecule is CC(=O)C1CC2C(=O)C=CC1N2C(=Cc1cccc([N+](=O)[O-])c1)c1ccc([N+](=O)[O-])cc1. The summed E-state index contributed by atoms with van der Waals surface area (Å²) in [6.07, 6.45) is 5.29. The molecule has 32 heavy (non-hydrogen) atoms. The lowest BCUT2D eigenvalue weighted by atomic mass is 9.96. The summed E-state index contributed by atoms with van der Waals surface area (Å²) < 4.78 is 0. The van der Waals surface area contributed by atoms with E-state index >= 15 is 0 Å². The van der Waals surface area contributed by atoms with Gasteiger partial charge in [-0.2, -0.15) is 0 Å². The van der Waals surface area contributed by atoms with E-state index in [0.29, 0.717) is 23.2 Å². The van der Waals surface area contributed by atoms with Crippen molar-refractivity contribution in [3.63, 3.8) is 0 Å². The van der Waals surface area contributed by atoms with Gasteiger partial charge in [-0.1, -0.05) is 18.2 Å². The fourth-order valence-electron chi connectivity index (χ4n) is 4.36. The van der Waals surface area contributed by atoms with Gasteiger partial charge in [0.2, 0.25) is 0 Å². The number of hydrogen-bond donors (Lipinski definition) is 0. The fraction of sp³-hybridized carbons (Fsp3) is 0.217. The van der Waals surface area contributed by atoms with Crippen molar-refractivity contribution >= 4 is 34.7 Å². The summed E-state index contributed by atoms with van der Waals surface area (Å²) in [7, 11) is 0. The average Bonchev–Trinajstić information content (AvgIpc) is 3.06. The highest BCUT2D eigenvalue weighted by atomic mass is 16.6. The number of ketones is 2. The number of carbonyl (C=O) groups is 2. The maximum absolute atomic E-state index is 12.7. The third-order valence-electron chi connectivity index (χ3n) is 5.89. The van der Waals surface area contributed by atoms with Crippen LogP contribution < -0.4 is 0 Å². The van der Waals surface area contributed by atoms with Gasteiger partial charge in [0.05, 0.1) is 21.9 Å². The monoisotopic (exact) mass is 433 g/mol. The Kier molecular flexibility index (Phi) is 5.40. The van der Waals surface area contributed by atoms with Gasteiger partial charge in [0.15, 0.2) is 5.78 Å². The van der Waals surface area contributed by atoms with Gasteiger partial charge in [0.1, 0.15) is 5.78 Å². The molecule has 9 nitrogen and oxygen atoms in total. The molecular weight excluding hydrogens is 414 g/mol. The zero-order valence-corrected chi connectivity index (χ0v) is 17.1. The molecule has 0 amide bonds. The molecule has 162 valence electrons. The van der Waals surface area contributed by atoms with Gasteiger partial charge in [-0.25, -0.2) is 0 Å². The highest BCUT2D eigenvalue weighted by molar-refractivity contribution is 6.00. The van der Waals surface area contributed by atoms with Gasteiger partial charge < -0.3 is 4.90 Å². The summed E-state index contributed by atoms with van der Waals surface area (Å²) in [4.78, 5) is 48.1. The lowest BCUT2D eigenvalue weighted by Gasteiger charge is -2.35. The molecule has 9 heteroatoms. The summed E-state index contributed by atoms with van der Waals surface area (Å²) in [5.74, 6) is -0.522. The largest absolute Gasteiger partial charge is 0.353 e. The Hall–Kier alpha value is -4.14. The Bertz CT molecular complexity index is 1180. The van der Waals surface area contributed by atoms with Crippen molar-refractivity contribution in [2.24, 2.45) is 5.92 Å². The van der Waals surface area contributed by atoms with Gasteiger partial charge in [0.25, 0.3) is 11.4 Å². The number of nitrogens with zero attached hydrogens (tertiary/aromatic N) is 3. The summed E-state index contributed by atoms with van der Waals surface area (Å²) in [5.41, 5.74) is 1.54. The number of benzene rings is 2. The molecule has 2 aliphatic rings. The second kappa shape index (κ2) is 8.18. The van der Waals surface area contributed by atoms with Crippen LogP contribution in [0.15, 0.2) is 60.7 Å². The Labute approximate surface area is 183 Å². The minimum atomic E-state index is -0.556. The molecule has 2 bridgehead atoms. The summed E-state index contributed by atoms with van der Waals surface area (Å²) >= 11 is 0. The van der Waals surface area contributed by atoms with E-state index in [9.17, 15) is 29.8 Å². The lowest BCUT2D eigenvalue weighted by Crippen LogP contribution is -2.42.